The van der Waals surface area contributed by atoms with E-state index in [4.69, 9.17) is 16.3 Å². The number of ether oxygens (including phenoxy) is 1. The van der Waals surface area contributed by atoms with Crippen LogP contribution < -0.4 is 5.32 Å². The first-order valence-electron chi connectivity index (χ1n) is 8.96. The first kappa shape index (κ1) is 22.4. The maximum absolute atomic E-state index is 12.4. The molecule has 1 amide bonds. The van der Waals surface area contributed by atoms with E-state index >= 15 is 0 Å². The van der Waals surface area contributed by atoms with Crippen LogP contribution in [0.4, 0.5) is 0 Å². The SMILES string of the molecule is CC(OCCCNC(=O)CN(C)S(=O)(=O)c1ccc(Cl)cc1)c1ccccc1. The Balaban J connectivity index is 1.71. The normalized spacial score (nSPS) is 12.7. The van der Waals surface area contributed by atoms with Crippen LogP contribution in [0.15, 0.2) is 59.5 Å². The Hall–Kier alpha value is -1.93. The van der Waals surface area contributed by atoms with Crippen LogP contribution in [-0.2, 0) is 19.6 Å². The van der Waals surface area contributed by atoms with Crippen molar-refractivity contribution in [2.24, 2.45) is 0 Å². The van der Waals surface area contributed by atoms with Crippen molar-refractivity contribution in [2.75, 3.05) is 26.7 Å². The molecule has 0 radical (unpaired) electrons. The van der Waals surface area contributed by atoms with E-state index in [2.05, 4.69) is 5.32 Å². The standard InChI is InChI=1S/C20H25ClN2O4S/c1-16(17-7-4-3-5-8-17)27-14-6-13-22-20(24)15-23(2)28(25,26)19-11-9-18(21)10-12-19/h3-5,7-12,16H,6,13-15H2,1-2H3,(H,22,24). The number of carbonyl (C=O) groups is 1. The Bertz CT molecular complexity index is 858. The van der Waals surface area contributed by atoms with Crippen molar-refractivity contribution < 1.29 is 17.9 Å². The largest absolute Gasteiger partial charge is 0.374 e. The van der Waals surface area contributed by atoms with E-state index in [1.807, 2.05) is 37.3 Å². The maximum atomic E-state index is 12.4. The van der Waals surface area contributed by atoms with E-state index in [1.54, 1.807) is 0 Å². The molecule has 8 heteroatoms. The molecule has 0 aliphatic rings. The van der Waals surface area contributed by atoms with Crippen LogP contribution in [0.1, 0.15) is 25.0 Å². The lowest BCUT2D eigenvalue weighted by molar-refractivity contribution is -0.121. The van der Waals surface area contributed by atoms with Crippen molar-refractivity contribution in [1.29, 1.82) is 0 Å². The number of amides is 1. The van der Waals surface area contributed by atoms with E-state index in [0.717, 1.165) is 9.87 Å². The Morgan fingerprint density at radius 3 is 2.43 bits per heavy atom. The minimum Gasteiger partial charge on any atom is -0.374 e. The molecule has 0 saturated heterocycles. The second kappa shape index (κ2) is 10.6. The molecular formula is C20H25ClN2O4S. The minimum atomic E-state index is -3.74. The molecule has 28 heavy (non-hydrogen) atoms. The van der Waals surface area contributed by atoms with Gasteiger partial charge in [0, 0.05) is 25.2 Å². The number of hydrogen-bond acceptors (Lipinski definition) is 4. The highest BCUT2D eigenvalue weighted by Crippen LogP contribution is 2.17. The van der Waals surface area contributed by atoms with Gasteiger partial charge < -0.3 is 10.1 Å². The number of nitrogens with zero attached hydrogens (tertiary/aromatic N) is 1. The number of hydrogen-bond donors (Lipinski definition) is 1. The van der Waals surface area contributed by atoms with E-state index in [1.165, 1.54) is 31.3 Å². The molecular weight excluding hydrogens is 400 g/mol. The number of sulfonamides is 1. The maximum Gasteiger partial charge on any atom is 0.243 e. The minimum absolute atomic E-state index is 0.0208. The van der Waals surface area contributed by atoms with Gasteiger partial charge in [0.15, 0.2) is 0 Å². The lowest BCUT2D eigenvalue weighted by Crippen LogP contribution is -2.38. The molecule has 2 rings (SSSR count). The third-order valence-corrected chi connectivity index (χ3v) is 6.24. The summed E-state index contributed by atoms with van der Waals surface area (Å²) in [5.74, 6) is -0.365. The van der Waals surface area contributed by atoms with Crippen LogP contribution in [0.2, 0.25) is 5.02 Å². The molecule has 2 aromatic carbocycles. The highest BCUT2D eigenvalue weighted by Gasteiger charge is 2.22. The summed E-state index contributed by atoms with van der Waals surface area (Å²) >= 11 is 5.78. The Kier molecular flexibility index (Phi) is 8.44. The molecule has 152 valence electrons. The molecule has 1 unspecified atom stereocenters. The first-order chi connectivity index (χ1) is 13.3. The van der Waals surface area contributed by atoms with Gasteiger partial charge in [-0.2, -0.15) is 4.31 Å². The monoisotopic (exact) mass is 424 g/mol. The highest BCUT2D eigenvalue weighted by molar-refractivity contribution is 7.89. The smallest absolute Gasteiger partial charge is 0.243 e. The van der Waals surface area contributed by atoms with Gasteiger partial charge in [-0.05, 0) is 43.2 Å². The molecule has 1 atom stereocenters. The second-order valence-electron chi connectivity index (χ2n) is 6.34. The van der Waals surface area contributed by atoms with Gasteiger partial charge in [0.2, 0.25) is 15.9 Å². The first-order valence-corrected chi connectivity index (χ1v) is 10.8. The van der Waals surface area contributed by atoms with Crippen LogP contribution in [0.5, 0.6) is 0 Å². The third kappa shape index (κ3) is 6.60. The summed E-state index contributed by atoms with van der Waals surface area (Å²) < 4.78 is 31.7. The number of likely N-dealkylation sites (N-methyl/N-ethyl adjacent to an activating group) is 1. The predicted molar refractivity (Wildman–Crippen MR) is 110 cm³/mol. The summed E-state index contributed by atoms with van der Waals surface area (Å²) in [7, 11) is -2.37. The molecule has 0 aromatic heterocycles. The van der Waals surface area contributed by atoms with E-state index < -0.39 is 10.0 Å². The zero-order chi connectivity index (χ0) is 20.6. The molecule has 0 saturated carbocycles. The summed E-state index contributed by atoms with van der Waals surface area (Å²) in [6.45, 7) is 2.63. The molecule has 0 bridgehead atoms. The van der Waals surface area contributed by atoms with Gasteiger partial charge in [0.25, 0.3) is 0 Å². The topological polar surface area (TPSA) is 75.7 Å². The predicted octanol–water partition coefficient (Wildman–Crippen LogP) is 3.24. The fourth-order valence-electron chi connectivity index (χ4n) is 2.51. The van der Waals surface area contributed by atoms with Crippen LogP contribution in [-0.4, -0.2) is 45.4 Å². The fraction of sp³-hybridized carbons (Fsp3) is 0.350. The molecule has 0 aliphatic heterocycles. The quantitative estimate of drug-likeness (QED) is 0.594. The summed E-state index contributed by atoms with van der Waals surface area (Å²) in [5.41, 5.74) is 1.10. The van der Waals surface area contributed by atoms with Crippen molar-refractivity contribution in [3.63, 3.8) is 0 Å². The van der Waals surface area contributed by atoms with Crippen molar-refractivity contribution >= 4 is 27.5 Å². The molecule has 0 spiro atoms. The molecule has 0 fully saturated rings. The molecule has 6 nitrogen and oxygen atoms in total. The number of halogens is 1. The summed E-state index contributed by atoms with van der Waals surface area (Å²) in [5, 5.41) is 3.16. The van der Waals surface area contributed by atoms with Crippen molar-refractivity contribution in [2.45, 2.75) is 24.3 Å². The van der Waals surface area contributed by atoms with Crippen molar-refractivity contribution in [3.05, 3.63) is 65.2 Å². The Labute approximate surface area is 171 Å². The average Bonchev–Trinajstić information content (AvgIpc) is 2.68. The van der Waals surface area contributed by atoms with Gasteiger partial charge in [0.05, 0.1) is 17.5 Å². The lowest BCUT2D eigenvalue weighted by atomic mass is 10.1. The van der Waals surface area contributed by atoms with Gasteiger partial charge in [-0.3, -0.25) is 4.79 Å². The molecule has 1 N–H and O–H groups in total. The molecule has 2 aromatic rings. The van der Waals surface area contributed by atoms with Gasteiger partial charge in [-0.15, -0.1) is 0 Å². The highest BCUT2D eigenvalue weighted by atomic mass is 35.5. The van der Waals surface area contributed by atoms with E-state index in [0.29, 0.717) is 24.6 Å². The number of nitrogens with one attached hydrogen (secondary N) is 1. The molecule has 0 heterocycles. The number of benzene rings is 2. The van der Waals surface area contributed by atoms with Gasteiger partial charge >= 0.3 is 0 Å². The number of carbonyl (C=O) groups excluding carboxylic acids is 1. The van der Waals surface area contributed by atoms with E-state index in [9.17, 15) is 13.2 Å². The third-order valence-electron chi connectivity index (χ3n) is 4.17. The summed E-state index contributed by atoms with van der Waals surface area (Å²) in [6.07, 6.45) is 0.615. The van der Waals surface area contributed by atoms with Crippen LogP contribution in [0, 0.1) is 0 Å². The van der Waals surface area contributed by atoms with E-state index in [-0.39, 0.29) is 23.5 Å². The fourth-order valence-corrected chi connectivity index (χ4v) is 3.76. The van der Waals surface area contributed by atoms with Crippen LogP contribution >= 0.6 is 11.6 Å². The molecule has 0 aliphatic carbocycles. The second-order valence-corrected chi connectivity index (χ2v) is 8.82. The average molecular weight is 425 g/mol. The zero-order valence-corrected chi connectivity index (χ0v) is 17.5. The zero-order valence-electron chi connectivity index (χ0n) is 16.0. The Morgan fingerprint density at radius 2 is 1.79 bits per heavy atom. The van der Waals surface area contributed by atoms with Gasteiger partial charge in [-0.1, -0.05) is 41.9 Å². The van der Waals surface area contributed by atoms with Gasteiger partial charge in [0.1, 0.15) is 0 Å². The summed E-state index contributed by atoms with van der Waals surface area (Å²) in [4.78, 5) is 12.1. The van der Waals surface area contributed by atoms with Crippen LogP contribution in [0.3, 0.4) is 0 Å². The Morgan fingerprint density at radius 1 is 1.14 bits per heavy atom. The van der Waals surface area contributed by atoms with Gasteiger partial charge in [-0.25, -0.2) is 8.42 Å². The number of rotatable bonds is 10. The van der Waals surface area contributed by atoms with Crippen molar-refractivity contribution in [1.82, 2.24) is 9.62 Å². The van der Waals surface area contributed by atoms with Crippen molar-refractivity contribution in [3.8, 4) is 0 Å². The summed E-state index contributed by atoms with van der Waals surface area (Å²) in [6, 6.07) is 15.7. The lowest BCUT2D eigenvalue weighted by Gasteiger charge is -2.17. The van der Waals surface area contributed by atoms with Crippen LogP contribution in [0.25, 0.3) is 0 Å².